The maximum absolute atomic E-state index is 10.1. The second-order valence-electron chi connectivity index (χ2n) is 4.47. The molecule has 100 valence electrons. The van der Waals surface area contributed by atoms with Gasteiger partial charge in [0.15, 0.2) is 0 Å². The van der Waals surface area contributed by atoms with Gasteiger partial charge in [-0.1, -0.05) is 29.3 Å². The fourth-order valence-electron chi connectivity index (χ4n) is 2.11. The van der Waals surface area contributed by atoms with Gasteiger partial charge in [0.1, 0.15) is 0 Å². The normalized spacial score (nSPS) is 18.8. The van der Waals surface area contributed by atoms with Crippen molar-refractivity contribution in [2.24, 2.45) is 0 Å². The van der Waals surface area contributed by atoms with Gasteiger partial charge in [-0.3, -0.25) is 4.90 Å². The van der Waals surface area contributed by atoms with Crippen LogP contribution in [0.25, 0.3) is 0 Å². The Morgan fingerprint density at radius 2 is 1.83 bits per heavy atom. The lowest BCUT2D eigenvalue weighted by Crippen LogP contribution is -2.41. The monoisotopic (exact) mass is 289 g/mol. The molecule has 18 heavy (non-hydrogen) atoms. The summed E-state index contributed by atoms with van der Waals surface area (Å²) in [6.45, 7) is 3.84. The zero-order valence-corrected chi connectivity index (χ0v) is 11.6. The molecule has 1 aromatic carbocycles. The summed E-state index contributed by atoms with van der Waals surface area (Å²) in [4.78, 5) is 2.19. The van der Waals surface area contributed by atoms with Crippen LogP contribution in [-0.2, 0) is 11.2 Å². The summed E-state index contributed by atoms with van der Waals surface area (Å²) < 4.78 is 5.27. The molecule has 1 saturated heterocycles. The number of aliphatic hydroxyl groups is 1. The van der Waals surface area contributed by atoms with Crippen molar-refractivity contribution >= 4 is 23.2 Å². The molecule has 1 aromatic rings. The van der Waals surface area contributed by atoms with Crippen LogP contribution in [0.4, 0.5) is 0 Å². The maximum atomic E-state index is 10.1. The molecule has 0 spiro atoms. The Kier molecular flexibility index (Phi) is 5.27. The summed E-state index contributed by atoms with van der Waals surface area (Å²) in [5.74, 6) is 0. The van der Waals surface area contributed by atoms with Crippen molar-refractivity contribution in [2.45, 2.75) is 12.5 Å². The Morgan fingerprint density at radius 3 is 2.44 bits per heavy atom. The largest absolute Gasteiger partial charge is 0.391 e. The minimum atomic E-state index is -0.458. The first-order chi connectivity index (χ1) is 8.66. The Balaban J connectivity index is 1.92. The van der Waals surface area contributed by atoms with E-state index in [1.165, 1.54) is 0 Å². The second-order valence-corrected chi connectivity index (χ2v) is 5.29. The number of ether oxygens (including phenoxy) is 1. The summed E-state index contributed by atoms with van der Waals surface area (Å²) in [6.07, 6.45) is 0.0241. The topological polar surface area (TPSA) is 32.7 Å². The van der Waals surface area contributed by atoms with Gasteiger partial charge in [0, 0.05) is 36.1 Å². The van der Waals surface area contributed by atoms with E-state index in [-0.39, 0.29) is 0 Å². The Hall–Kier alpha value is -0.320. The predicted molar refractivity (Wildman–Crippen MR) is 73.4 cm³/mol. The molecule has 0 aromatic heterocycles. The van der Waals surface area contributed by atoms with Gasteiger partial charge in [0.05, 0.1) is 19.3 Å². The highest BCUT2D eigenvalue weighted by molar-refractivity contribution is 6.35. The molecule has 3 nitrogen and oxygen atoms in total. The van der Waals surface area contributed by atoms with E-state index in [9.17, 15) is 5.11 Å². The smallest absolute Gasteiger partial charge is 0.0708 e. The van der Waals surface area contributed by atoms with Crippen molar-refractivity contribution in [3.05, 3.63) is 33.8 Å². The van der Waals surface area contributed by atoms with Gasteiger partial charge in [-0.05, 0) is 17.7 Å². The summed E-state index contributed by atoms with van der Waals surface area (Å²) in [6, 6.07) is 5.40. The van der Waals surface area contributed by atoms with Crippen molar-refractivity contribution < 1.29 is 9.84 Å². The van der Waals surface area contributed by atoms with Crippen LogP contribution in [0.5, 0.6) is 0 Å². The number of hydrogen-bond donors (Lipinski definition) is 1. The first-order valence-corrected chi connectivity index (χ1v) is 6.83. The number of β-amino-alcohol motifs (C(OH)–C–C–N with tert-alkyl or cyclic N) is 1. The van der Waals surface area contributed by atoms with Crippen LogP contribution in [0.15, 0.2) is 18.2 Å². The highest BCUT2D eigenvalue weighted by Crippen LogP contribution is 2.25. The van der Waals surface area contributed by atoms with E-state index in [0.717, 1.165) is 31.9 Å². The first-order valence-electron chi connectivity index (χ1n) is 6.08. The van der Waals surface area contributed by atoms with Gasteiger partial charge in [0.25, 0.3) is 0 Å². The van der Waals surface area contributed by atoms with Crippen molar-refractivity contribution in [2.75, 3.05) is 32.8 Å². The van der Waals surface area contributed by atoms with Crippen molar-refractivity contribution in [1.82, 2.24) is 4.90 Å². The van der Waals surface area contributed by atoms with E-state index >= 15 is 0 Å². The van der Waals surface area contributed by atoms with Crippen LogP contribution in [0.2, 0.25) is 10.0 Å². The highest BCUT2D eigenvalue weighted by Gasteiger charge is 2.17. The molecule has 1 heterocycles. The average molecular weight is 290 g/mol. The molecule has 5 heteroatoms. The van der Waals surface area contributed by atoms with Crippen molar-refractivity contribution in [3.63, 3.8) is 0 Å². The van der Waals surface area contributed by atoms with Crippen LogP contribution in [0.3, 0.4) is 0 Å². The summed E-state index contributed by atoms with van der Waals surface area (Å²) in [7, 11) is 0. The van der Waals surface area contributed by atoms with Crippen LogP contribution < -0.4 is 0 Å². The molecule has 0 amide bonds. The van der Waals surface area contributed by atoms with E-state index < -0.39 is 6.10 Å². The lowest BCUT2D eigenvalue weighted by molar-refractivity contribution is 0.0149. The SMILES string of the molecule is O[C@H](Cc1c(Cl)cccc1Cl)CN1CCOCC1. The van der Waals surface area contributed by atoms with E-state index in [1.54, 1.807) is 12.1 Å². The van der Waals surface area contributed by atoms with E-state index in [0.29, 0.717) is 23.0 Å². The minimum Gasteiger partial charge on any atom is -0.391 e. The minimum absolute atomic E-state index is 0.458. The number of morpholine rings is 1. The third kappa shape index (κ3) is 3.84. The molecule has 0 saturated carbocycles. The van der Waals surface area contributed by atoms with Crippen molar-refractivity contribution in [3.8, 4) is 0 Å². The molecule has 1 aliphatic heterocycles. The summed E-state index contributed by atoms with van der Waals surface area (Å²) in [5.41, 5.74) is 0.821. The molecule has 0 aliphatic carbocycles. The number of nitrogens with zero attached hydrogens (tertiary/aromatic N) is 1. The zero-order valence-electron chi connectivity index (χ0n) is 10.1. The number of aliphatic hydroxyl groups excluding tert-OH is 1. The summed E-state index contributed by atoms with van der Waals surface area (Å²) in [5, 5.41) is 11.3. The number of halogens is 2. The predicted octanol–water partition coefficient (Wildman–Crippen LogP) is 2.23. The Bertz CT molecular complexity index is 374. The molecule has 1 atom stereocenters. The van der Waals surface area contributed by atoms with Gasteiger partial charge in [0.2, 0.25) is 0 Å². The molecule has 1 fully saturated rings. The van der Waals surface area contributed by atoms with Crippen molar-refractivity contribution in [1.29, 1.82) is 0 Å². The third-order valence-electron chi connectivity index (χ3n) is 3.07. The first kappa shape index (κ1) is 14.1. The van der Waals surface area contributed by atoms with Gasteiger partial charge in [-0.25, -0.2) is 0 Å². The maximum Gasteiger partial charge on any atom is 0.0708 e. The number of hydrogen-bond acceptors (Lipinski definition) is 3. The lowest BCUT2D eigenvalue weighted by atomic mass is 10.1. The standard InChI is InChI=1S/C13H17Cl2NO2/c14-12-2-1-3-13(15)11(12)8-10(17)9-16-4-6-18-7-5-16/h1-3,10,17H,4-9H2/t10-/m1/s1. The van der Waals surface area contributed by atoms with E-state index in [1.807, 2.05) is 6.07 Å². The van der Waals surface area contributed by atoms with Gasteiger partial charge in [-0.2, -0.15) is 0 Å². The molecular formula is C13H17Cl2NO2. The molecule has 2 rings (SSSR count). The van der Waals surface area contributed by atoms with E-state index in [4.69, 9.17) is 27.9 Å². The van der Waals surface area contributed by atoms with Crippen LogP contribution in [0, 0.1) is 0 Å². The quantitative estimate of drug-likeness (QED) is 0.923. The average Bonchev–Trinajstić information content (AvgIpc) is 2.35. The molecule has 1 aliphatic rings. The Labute approximate surface area is 117 Å². The third-order valence-corrected chi connectivity index (χ3v) is 3.78. The zero-order chi connectivity index (χ0) is 13.0. The fraction of sp³-hybridized carbons (Fsp3) is 0.538. The molecule has 0 bridgehead atoms. The highest BCUT2D eigenvalue weighted by atomic mass is 35.5. The van der Waals surface area contributed by atoms with Gasteiger partial charge in [-0.15, -0.1) is 0 Å². The second kappa shape index (κ2) is 6.73. The number of rotatable bonds is 4. The fourth-order valence-corrected chi connectivity index (χ4v) is 2.66. The van der Waals surface area contributed by atoms with Gasteiger partial charge >= 0.3 is 0 Å². The molecule has 0 unspecified atom stereocenters. The Morgan fingerprint density at radius 1 is 1.22 bits per heavy atom. The van der Waals surface area contributed by atoms with Gasteiger partial charge < -0.3 is 9.84 Å². The van der Waals surface area contributed by atoms with Crippen LogP contribution in [0.1, 0.15) is 5.56 Å². The summed E-state index contributed by atoms with van der Waals surface area (Å²) >= 11 is 12.2. The molecule has 0 radical (unpaired) electrons. The van der Waals surface area contributed by atoms with Crippen LogP contribution >= 0.6 is 23.2 Å². The number of benzene rings is 1. The lowest BCUT2D eigenvalue weighted by Gasteiger charge is -2.28. The molecular weight excluding hydrogens is 273 g/mol. The molecule has 1 N–H and O–H groups in total. The van der Waals surface area contributed by atoms with E-state index in [2.05, 4.69) is 4.90 Å². The van der Waals surface area contributed by atoms with Crippen LogP contribution in [-0.4, -0.2) is 49.0 Å².